The Morgan fingerprint density at radius 3 is 2.39 bits per heavy atom. The van der Waals surface area contributed by atoms with E-state index in [2.05, 4.69) is 4.72 Å². The van der Waals surface area contributed by atoms with Gasteiger partial charge in [-0.05, 0) is 67.4 Å². The van der Waals surface area contributed by atoms with Crippen molar-refractivity contribution in [2.75, 3.05) is 11.8 Å². The fourth-order valence-electron chi connectivity index (χ4n) is 2.77. The summed E-state index contributed by atoms with van der Waals surface area (Å²) in [5.41, 5.74) is 2.82. The molecule has 28 heavy (non-hydrogen) atoms. The largest absolute Gasteiger partial charge is 0.467 e. The number of nitrogens with one attached hydrogen (secondary N) is 1. The molecular formula is C21H22N2O4S. The number of amides is 1. The van der Waals surface area contributed by atoms with Gasteiger partial charge < -0.3 is 9.32 Å². The predicted molar refractivity (Wildman–Crippen MR) is 108 cm³/mol. The molecule has 2 aromatic carbocycles. The average Bonchev–Trinajstić information content (AvgIpc) is 3.18. The topological polar surface area (TPSA) is 79.6 Å². The van der Waals surface area contributed by atoms with Gasteiger partial charge >= 0.3 is 0 Å². The Labute approximate surface area is 164 Å². The minimum Gasteiger partial charge on any atom is -0.467 e. The van der Waals surface area contributed by atoms with Crippen LogP contribution in [0.3, 0.4) is 0 Å². The maximum atomic E-state index is 12.7. The molecule has 0 unspecified atom stereocenters. The van der Waals surface area contributed by atoms with Gasteiger partial charge in [-0.2, -0.15) is 0 Å². The van der Waals surface area contributed by atoms with E-state index in [9.17, 15) is 13.2 Å². The number of carbonyl (C=O) groups excluding carboxylic acids is 1. The van der Waals surface area contributed by atoms with E-state index in [-0.39, 0.29) is 10.8 Å². The Kier molecular flexibility index (Phi) is 5.56. The number of furan rings is 1. The fraction of sp³-hybridized carbons (Fsp3) is 0.190. The van der Waals surface area contributed by atoms with Crippen molar-refractivity contribution in [1.82, 2.24) is 4.90 Å². The molecule has 1 heterocycles. The number of hydrogen-bond acceptors (Lipinski definition) is 4. The Morgan fingerprint density at radius 2 is 1.75 bits per heavy atom. The molecule has 0 aliphatic carbocycles. The zero-order valence-corrected chi connectivity index (χ0v) is 16.8. The van der Waals surface area contributed by atoms with Crippen molar-refractivity contribution >= 4 is 21.6 Å². The van der Waals surface area contributed by atoms with Crippen molar-refractivity contribution < 1.29 is 17.6 Å². The van der Waals surface area contributed by atoms with Gasteiger partial charge in [0, 0.05) is 12.6 Å². The Bertz CT molecular complexity index is 1070. The van der Waals surface area contributed by atoms with Gasteiger partial charge in [-0.3, -0.25) is 9.52 Å². The number of aryl methyl sites for hydroxylation is 1. The van der Waals surface area contributed by atoms with Crippen LogP contribution in [0.4, 0.5) is 5.69 Å². The summed E-state index contributed by atoms with van der Waals surface area (Å²) in [6, 6.07) is 14.9. The zero-order chi connectivity index (χ0) is 20.3. The van der Waals surface area contributed by atoms with Crippen molar-refractivity contribution in [3.05, 3.63) is 83.3 Å². The van der Waals surface area contributed by atoms with Gasteiger partial charge in [-0.25, -0.2) is 8.42 Å². The van der Waals surface area contributed by atoms with Gasteiger partial charge in [-0.15, -0.1) is 0 Å². The van der Waals surface area contributed by atoms with Gasteiger partial charge in [0.1, 0.15) is 5.76 Å². The van der Waals surface area contributed by atoms with E-state index in [1.54, 1.807) is 37.6 Å². The van der Waals surface area contributed by atoms with E-state index in [0.29, 0.717) is 23.6 Å². The molecule has 0 spiro atoms. The molecule has 0 aliphatic rings. The van der Waals surface area contributed by atoms with E-state index in [1.165, 1.54) is 29.2 Å². The first-order chi connectivity index (χ1) is 13.3. The summed E-state index contributed by atoms with van der Waals surface area (Å²) in [7, 11) is -2.08. The highest BCUT2D eigenvalue weighted by Crippen LogP contribution is 2.22. The summed E-state index contributed by atoms with van der Waals surface area (Å²) in [5, 5.41) is 0. The fourth-order valence-corrected chi connectivity index (χ4v) is 3.89. The summed E-state index contributed by atoms with van der Waals surface area (Å²) in [6.07, 6.45) is 1.55. The summed E-state index contributed by atoms with van der Waals surface area (Å²) in [4.78, 5) is 14.1. The standard InChI is InChI=1S/C21H22N2O4S/c1-15-6-4-8-20(16(15)2)22-28(25,26)19-11-9-17(10-12-19)21(24)23(3)14-18-7-5-13-27-18/h4-13,22H,14H2,1-3H3. The molecule has 0 atom stereocenters. The molecule has 0 aliphatic heterocycles. The summed E-state index contributed by atoms with van der Waals surface area (Å²) < 4.78 is 33.2. The van der Waals surface area contributed by atoms with Crippen LogP contribution in [-0.2, 0) is 16.6 Å². The molecule has 7 heteroatoms. The quantitative estimate of drug-likeness (QED) is 0.681. The van der Waals surface area contributed by atoms with Gasteiger partial charge in [0.05, 0.1) is 23.4 Å². The first-order valence-corrected chi connectivity index (χ1v) is 10.2. The van der Waals surface area contributed by atoms with Crippen molar-refractivity contribution in [2.45, 2.75) is 25.3 Å². The van der Waals surface area contributed by atoms with E-state index in [0.717, 1.165) is 11.1 Å². The molecule has 1 N–H and O–H groups in total. The second-order valence-electron chi connectivity index (χ2n) is 6.62. The Balaban J connectivity index is 1.75. The van der Waals surface area contributed by atoms with Crippen LogP contribution < -0.4 is 4.72 Å². The SMILES string of the molecule is Cc1cccc(NS(=O)(=O)c2ccc(C(=O)N(C)Cc3ccco3)cc2)c1C. The third kappa shape index (κ3) is 4.26. The molecule has 0 saturated heterocycles. The molecule has 0 bridgehead atoms. The maximum Gasteiger partial charge on any atom is 0.261 e. The van der Waals surface area contributed by atoms with E-state index in [4.69, 9.17) is 4.42 Å². The Hall–Kier alpha value is -3.06. The number of anilines is 1. The molecule has 1 amide bonds. The molecule has 3 rings (SSSR count). The minimum atomic E-state index is -3.75. The zero-order valence-electron chi connectivity index (χ0n) is 16.0. The lowest BCUT2D eigenvalue weighted by atomic mass is 10.1. The molecule has 6 nitrogen and oxygen atoms in total. The molecule has 1 aromatic heterocycles. The van der Waals surface area contributed by atoms with Gasteiger partial charge in [-0.1, -0.05) is 12.1 Å². The first kappa shape index (κ1) is 19.7. The number of sulfonamides is 1. The van der Waals surface area contributed by atoms with Gasteiger partial charge in [0.2, 0.25) is 0 Å². The smallest absolute Gasteiger partial charge is 0.261 e. The van der Waals surface area contributed by atoms with Crippen molar-refractivity contribution in [3.63, 3.8) is 0 Å². The highest BCUT2D eigenvalue weighted by molar-refractivity contribution is 7.92. The normalized spacial score (nSPS) is 11.2. The third-order valence-corrected chi connectivity index (χ3v) is 5.96. The number of nitrogens with zero attached hydrogens (tertiary/aromatic N) is 1. The molecule has 0 saturated carbocycles. The Morgan fingerprint density at radius 1 is 1.04 bits per heavy atom. The van der Waals surface area contributed by atoms with Crippen molar-refractivity contribution in [1.29, 1.82) is 0 Å². The summed E-state index contributed by atoms with van der Waals surface area (Å²) >= 11 is 0. The van der Waals surface area contributed by atoms with Crippen LogP contribution in [0.2, 0.25) is 0 Å². The van der Waals surface area contributed by atoms with Crippen molar-refractivity contribution in [2.24, 2.45) is 0 Å². The predicted octanol–water partition coefficient (Wildman–Crippen LogP) is 3.97. The number of benzene rings is 2. The van der Waals surface area contributed by atoms with Crippen LogP contribution >= 0.6 is 0 Å². The number of rotatable bonds is 6. The average molecular weight is 398 g/mol. The lowest BCUT2D eigenvalue weighted by Crippen LogP contribution is -2.26. The van der Waals surface area contributed by atoms with Gasteiger partial charge in [0.15, 0.2) is 0 Å². The molecule has 3 aromatic rings. The second kappa shape index (κ2) is 7.90. The van der Waals surface area contributed by atoms with Crippen LogP contribution in [0.25, 0.3) is 0 Å². The van der Waals surface area contributed by atoms with Crippen LogP contribution in [0.5, 0.6) is 0 Å². The number of carbonyl (C=O) groups is 1. The third-order valence-electron chi connectivity index (χ3n) is 4.58. The highest BCUT2D eigenvalue weighted by Gasteiger charge is 2.18. The highest BCUT2D eigenvalue weighted by atomic mass is 32.2. The van der Waals surface area contributed by atoms with E-state index < -0.39 is 10.0 Å². The van der Waals surface area contributed by atoms with Crippen molar-refractivity contribution in [3.8, 4) is 0 Å². The van der Waals surface area contributed by atoms with Crippen LogP contribution in [0, 0.1) is 13.8 Å². The molecular weight excluding hydrogens is 376 g/mol. The van der Waals surface area contributed by atoms with Crippen LogP contribution in [0.15, 0.2) is 70.2 Å². The van der Waals surface area contributed by atoms with E-state index >= 15 is 0 Å². The molecule has 0 radical (unpaired) electrons. The first-order valence-electron chi connectivity index (χ1n) is 8.75. The van der Waals surface area contributed by atoms with E-state index in [1.807, 2.05) is 19.9 Å². The summed E-state index contributed by atoms with van der Waals surface area (Å²) in [5.74, 6) is 0.454. The molecule has 146 valence electrons. The van der Waals surface area contributed by atoms with Crippen LogP contribution in [-0.4, -0.2) is 26.3 Å². The van der Waals surface area contributed by atoms with Gasteiger partial charge in [0.25, 0.3) is 15.9 Å². The minimum absolute atomic E-state index is 0.0960. The second-order valence-corrected chi connectivity index (χ2v) is 8.30. The molecule has 0 fully saturated rings. The van der Waals surface area contributed by atoms with Crippen LogP contribution in [0.1, 0.15) is 27.2 Å². The number of hydrogen-bond donors (Lipinski definition) is 1. The lowest BCUT2D eigenvalue weighted by Gasteiger charge is -2.16. The lowest BCUT2D eigenvalue weighted by molar-refractivity contribution is 0.0775. The summed E-state index contributed by atoms with van der Waals surface area (Å²) in [6.45, 7) is 4.12. The maximum absolute atomic E-state index is 12.7. The monoisotopic (exact) mass is 398 g/mol.